The minimum atomic E-state index is -0.254. The molecule has 0 unspecified atom stereocenters. The summed E-state index contributed by atoms with van der Waals surface area (Å²) in [5.41, 5.74) is 0.527. The maximum atomic E-state index is 11.2. The second kappa shape index (κ2) is 3.10. The summed E-state index contributed by atoms with van der Waals surface area (Å²) in [6, 6.07) is 9.51. The highest BCUT2D eigenvalue weighted by molar-refractivity contribution is 5.81. The van der Waals surface area contributed by atoms with Crippen LogP contribution in [0.25, 0.3) is 22.6 Å². The number of hydrogen-bond donors (Lipinski definition) is 1. The topological polar surface area (TPSA) is 63.8 Å². The van der Waals surface area contributed by atoms with E-state index in [4.69, 9.17) is 4.42 Å². The van der Waals surface area contributed by atoms with Crippen LogP contribution in [-0.2, 0) is 7.05 Å². The lowest BCUT2D eigenvalue weighted by Gasteiger charge is -1.86. The molecule has 0 aliphatic heterocycles. The van der Waals surface area contributed by atoms with Gasteiger partial charge in [-0.05, 0) is 12.1 Å². The summed E-state index contributed by atoms with van der Waals surface area (Å²) in [6.07, 6.45) is 0. The van der Waals surface area contributed by atoms with Gasteiger partial charge in [0.1, 0.15) is 5.58 Å². The molecule has 0 aliphatic carbocycles. The molecule has 3 aromatic rings. The number of furan rings is 1. The van der Waals surface area contributed by atoms with Crippen molar-refractivity contribution < 1.29 is 4.42 Å². The molecule has 0 aliphatic rings. The van der Waals surface area contributed by atoms with Crippen LogP contribution >= 0.6 is 0 Å². The summed E-state index contributed by atoms with van der Waals surface area (Å²) in [4.78, 5) is 13.9. The van der Waals surface area contributed by atoms with Crippen LogP contribution in [0.4, 0.5) is 0 Å². The third-order valence-electron chi connectivity index (χ3n) is 2.43. The maximum Gasteiger partial charge on any atom is 0.343 e. The molecule has 5 heteroatoms. The molecule has 80 valence electrons. The first-order valence-electron chi connectivity index (χ1n) is 4.86. The Kier molecular flexibility index (Phi) is 1.73. The monoisotopic (exact) mass is 215 g/mol. The first-order chi connectivity index (χ1) is 7.74. The van der Waals surface area contributed by atoms with Gasteiger partial charge in [-0.3, -0.25) is 4.98 Å². The first kappa shape index (κ1) is 8.96. The highest BCUT2D eigenvalue weighted by atomic mass is 16.3. The molecule has 0 spiro atoms. The minimum absolute atomic E-state index is 0.254. The number of aryl methyl sites for hydroxylation is 1. The van der Waals surface area contributed by atoms with Crippen LogP contribution in [0, 0.1) is 0 Å². The number of H-pyrrole nitrogens is 1. The van der Waals surface area contributed by atoms with E-state index in [1.165, 1.54) is 4.68 Å². The van der Waals surface area contributed by atoms with Crippen molar-refractivity contribution in [3.05, 3.63) is 40.8 Å². The van der Waals surface area contributed by atoms with Crippen LogP contribution in [0.3, 0.4) is 0 Å². The molecular weight excluding hydrogens is 206 g/mol. The Morgan fingerprint density at radius 2 is 2.19 bits per heavy atom. The lowest BCUT2D eigenvalue weighted by atomic mass is 10.2. The molecule has 2 aromatic heterocycles. The van der Waals surface area contributed by atoms with Crippen LogP contribution in [-0.4, -0.2) is 14.8 Å². The number of aromatic nitrogens is 3. The van der Waals surface area contributed by atoms with Crippen molar-refractivity contribution in [2.45, 2.75) is 0 Å². The van der Waals surface area contributed by atoms with Gasteiger partial charge in [0.05, 0.1) is 0 Å². The molecule has 0 bridgehead atoms. The van der Waals surface area contributed by atoms with Crippen LogP contribution in [0.15, 0.2) is 39.5 Å². The van der Waals surface area contributed by atoms with E-state index in [1.807, 2.05) is 30.3 Å². The lowest BCUT2D eigenvalue weighted by molar-refractivity contribution is 0.623. The second-order valence-corrected chi connectivity index (χ2v) is 3.55. The fraction of sp³-hybridized carbons (Fsp3) is 0.0909. The normalized spacial score (nSPS) is 11.1. The molecule has 0 saturated heterocycles. The standard InChI is InChI=1S/C11H9N3O2/c1-14-11(15)12-10(13-14)9-6-7-4-2-3-5-8(7)16-9/h2-6H,1H3,(H,12,13,15). The Bertz CT molecular complexity index is 672. The van der Waals surface area contributed by atoms with Crippen LogP contribution in [0.5, 0.6) is 0 Å². The minimum Gasteiger partial charge on any atom is -0.453 e. The quantitative estimate of drug-likeness (QED) is 0.669. The fourth-order valence-electron chi connectivity index (χ4n) is 1.61. The molecule has 0 saturated carbocycles. The Morgan fingerprint density at radius 1 is 1.38 bits per heavy atom. The lowest BCUT2D eigenvalue weighted by Crippen LogP contribution is -2.13. The highest BCUT2D eigenvalue weighted by Crippen LogP contribution is 2.24. The average Bonchev–Trinajstić information content (AvgIpc) is 2.83. The Labute approximate surface area is 90.3 Å². The third-order valence-corrected chi connectivity index (χ3v) is 2.43. The molecule has 3 rings (SSSR count). The zero-order valence-corrected chi connectivity index (χ0v) is 8.60. The van der Waals surface area contributed by atoms with E-state index in [0.717, 1.165) is 11.0 Å². The molecule has 0 atom stereocenters. The number of aromatic amines is 1. The maximum absolute atomic E-state index is 11.2. The number of nitrogens with zero attached hydrogens (tertiary/aromatic N) is 2. The molecule has 1 N–H and O–H groups in total. The Morgan fingerprint density at radius 3 is 2.88 bits per heavy atom. The van der Waals surface area contributed by atoms with Gasteiger partial charge in [0.15, 0.2) is 11.6 Å². The molecule has 0 amide bonds. The number of para-hydroxylation sites is 1. The van der Waals surface area contributed by atoms with E-state index in [-0.39, 0.29) is 5.69 Å². The van der Waals surface area contributed by atoms with Gasteiger partial charge in [-0.1, -0.05) is 18.2 Å². The largest absolute Gasteiger partial charge is 0.453 e. The van der Waals surface area contributed by atoms with E-state index >= 15 is 0 Å². The summed E-state index contributed by atoms with van der Waals surface area (Å²) >= 11 is 0. The van der Waals surface area contributed by atoms with Gasteiger partial charge in [0.2, 0.25) is 0 Å². The number of rotatable bonds is 1. The highest BCUT2D eigenvalue weighted by Gasteiger charge is 2.10. The van der Waals surface area contributed by atoms with Crippen LogP contribution in [0.2, 0.25) is 0 Å². The van der Waals surface area contributed by atoms with Crippen molar-refractivity contribution in [3.63, 3.8) is 0 Å². The second-order valence-electron chi connectivity index (χ2n) is 3.55. The molecule has 16 heavy (non-hydrogen) atoms. The third kappa shape index (κ3) is 1.25. The predicted octanol–water partition coefficient (Wildman–Crippen LogP) is 1.52. The van der Waals surface area contributed by atoms with Crippen molar-refractivity contribution in [3.8, 4) is 11.6 Å². The number of benzene rings is 1. The van der Waals surface area contributed by atoms with E-state index in [1.54, 1.807) is 7.05 Å². The summed E-state index contributed by atoms with van der Waals surface area (Å²) in [7, 11) is 1.59. The van der Waals surface area contributed by atoms with Gasteiger partial charge in [0.25, 0.3) is 0 Å². The molecule has 0 radical (unpaired) electrons. The molecule has 5 nitrogen and oxygen atoms in total. The summed E-state index contributed by atoms with van der Waals surface area (Å²) in [6.45, 7) is 0. The summed E-state index contributed by atoms with van der Waals surface area (Å²) in [5, 5.41) is 5.02. The molecule has 1 aromatic carbocycles. The number of nitrogens with one attached hydrogen (secondary N) is 1. The van der Waals surface area contributed by atoms with Crippen molar-refractivity contribution in [2.75, 3.05) is 0 Å². The summed E-state index contributed by atoms with van der Waals surface area (Å²) < 4.78 is 6.82. The summed E-state index contributed by atoms with van der Waals surface area (Å²) in [5.74, 6) is 1.02. The van der Waals surface area contributed by atoms with Crippen molar-refractivity contribution in [1.29, 1.82) is 0 Å². The van der Waals surface area contributed by atoms with E-state index in [9.17, 15) is 4.79 Å². The van der Waals surface area contributed by atoms with Gasteiger partial charge >= 0.3 is 5.69 Å². The first-order valence-corrected chi connectivity index (χ1v) is 4.86. The van der Waals surface area contributed by atoms with Gasteiger partial charge in [-0.25, -0.2) is 9.48 Å². The zero-order valence-electron chi connectivity index (χ0n) is 8.60. The van der Waals surface area contributed by atoms with Crippen LogP contribution in [0.1, 0.15) is 0 Å². The SMILES string of the molecule is Cn1nc(-c2cc3ccccc3o2)[nH]c1=O. The smallest absolute Gasteiger partial charge is 0.343 e. The van der Waals surface area contributed by atoms with Crippen molar-refractivity contribution in [2.24, 2.45) is 7.05 Å². The van der Waals surface area contributed by atoms with Gasteiger partial charge in [-0.15, -0.1) is 5.10 Å². The van der Waals surface area contributed by atoms with Crippen molar-refractivity contribution in [1.82, 2.24) is 14.8 Å². The van der Waals surface area contributed by atoms with Gasteiger partial charge < -0.3 is 4.42 Å². The predicted molar refractivity (Wildman–Crippen MR) is 59.0 cm³/mol. The van der Waals surface area contributed by atoms with E-state index < -0.39 is 0 Å². The van der Waals surface area contributed by atoms with Crippen LogP contribution < -0.4 is 5.69 Å². The molecule has 2 heterocycles. The Hall–Kier alpha value is -2.30. The van der Waals surface area contributed by atoms with Gasteiger partial charge in [-0.2, -0.15) is 0 Å². The van der Waals surface area contributed by atoms with E-state index in [0.29, 0.717) is 11.6 Å². The van der Waals surface area contributed by atoms with Crippen molar-refractivity contribution >= 4 is 11.0 Å². The number of hydrogen-bond acceptors (Lipinski definition) is 3. The molecular formula is C11H9N3O2. The van der Waals surface area contributed by atoms with Gasteiger partial charge in [0, 0.05) is 12.4 Å². The Balaban J connectivity index is 2.22. The van der Waals surface area contributed by atoms with E-state index in [2.05, 4.69) is 10.1 Å². The average molecular weight is 215 g/mol. The molecule has 0 fully saturated rings. The fourth-order valence-corrected chi connectivity index (χ4v) is 1.61. The number of fused-ring (bicyclic) bond motifs is 1. The zero-order chi connectivity index (χ0) is 11.1.